The van der Waals surface area contributed by atoms with Gasteiger partial charge in [-0.05, 0) is 23.3 Å². The molecule has 2 heterocycles. The van der Waals surface area contributed by atoms with Gasteiger partial charge >= 0.3 is 0 Å². The van der Waals surface area contributed by atoms with Gasteiger partial charge in [0.15, 0.2) is 0 Å². The third kappa shape index (κ3) is 3.52. The van der Waals surface area contributed by atoms with Crippen LogP contribution in [0.15, 0.2) is 72.9 Å². The Hall–Kier alpha value is -3.26. The standard InChI is InChI=1S/C22H16N4.ClH/c23-13-15-6-8-17(9-7-15)22-18(16-4-2-1-3-5-16)12-19-20(26-22)10-11-25-21(19)14-24;/h1-12H,13,23H2;1H. The third-order valence-electron chi connectivity index (χ3n) is 4.40. The van der Waals surface area contributed by atoms with Gasteiger partial charge in [0.05, 0.1) is 11.2 Å². The maximum absolute atomic E-state index is 9.39. The van der Waals surface area contributed by atoms with Crippen LogP contribution in [-0.2, 0) is 6.54 Å². The molecule has 0 spiro atoms. The Kier molecular flexibility index (Phi) is 5.46. The van der Waals surface area contributed by atoms with Crippen LogP contribution in [0.25, 0.3) is 33.3 Å². The van der Waals surface area contributed by atoms with Crippen LogP contribution in [0.2, 0.25) is 0 Å². The lowest BCUT2D eigenvalue weighted by atomic mass is 9.96. The number of nitrogens with two attached hydrogens (primary N) is 1. The van der Waals surface area contributed by atoms with E-state index in [1.54, 1.807) is 6.20 Å². The number of pyridine rings is 2. The smallest absolute Gasteiger partial charge is 0.149 e. The minimum atomic E-state index is 0. The van der Waals surface area contributed by atoms with Crippen LogP contribution in [0.1, 0.15) is 11.3 Å². The number of hydrogen-bond donors (Lipinski definition) is 1. The molecule has 0 saturated carbocycles. The lowest BCUT2D eigenvalue weighted by Gasteiger charge is -2.12. The zero-order chi connectivity index (χ0) is 17.9. The van der Waals surface area contributed by atoms with Gasteiger partial charge in [0.1, 0.15) is 11.8 Å². The van der Waals surface area contributed by atoms with Gasteiger partial charge in [-0.3, -0.25) is 0 Å². The predicted octanol–water partition coefficient (Wildman–Crippen LogP) is 4.72. The normalized spacial score (nSPS) is 10.2. The van der Waals surface area contributed by atoms with E-state index in [4.69, 9.17) is 10.7 Å². The number of nitrogens with zero attached hydrogens (tertiary/aromatic N) is 3. The number of nitriles is 1. The molecule has 0 radical (unpaired) electrons. The molecule has 0 aliphatic carbocycles. The van der Waals surface area contributed by atoms with Gasteiger partial charge in [-0.25, -0.2) is 9.97 Å². The summed E-state index contributed by atoms with van der Waals surface area (Å²) in [6.45, 7) is 0.508. The number of aromatic nitrogens is 2. The van der Waals surface area contributed by atoms with E-state index in [2.05, 4.69) is 11.1 Å². The summed E-state index contributed by atoms with van der Waals surface area (Å²) in [5.41, 5.74) is 11.8. The van der Waals surface area contributed by atoms with E-state index in [1.807, 2.05) is 66.7 Å². The van der Waals surface area contributed by atoms with Crippen molar-refractivity contribution in [3.63, 3.8) is 0 Å². The minimum absolute atomic E-state index is 0. The summed E-state index contributed by atoms with van der Waals surface area (Å²) in [5, 5.41) is 10.1. The molecule has 0 fully saturated rings. The highest BCUT2D eigenvalue weighted by Crippen LogP contribution is 2.34. The zero-order valence-corrected chi connectivity index (χ0v) is 15.3. The fourth-order valence-corrected chi connectivity index (χ4v) is 3.04. The monoisotopic (exact) mass is 372 g/mol. The number of benzene rings is 2. The minimum Gasteiger partial charge on any atom is -0.326 e. The first-order valence-electron chi connectivity index (χ1n) is 8.35. The molecule has 0 unspecified atom stereocenters. The second kappa shape index (κ2) is 7.96. The van der Waals surface area contributed by atoms with Crippen LogP contribution in [0, 0.1) is 11.3 Å². The predicted molar refractivity (Wildman–Crippen MR) is 110 cm³/mol. The molecular weight excluding hydrogens is 356 g/mol. The number of fused-ring (bicyclic) bond motifs is 1. The Morgan fingerprint density at radius 1 is 0.926 bits per heavy atom. The van der Waals surface area contributed by atoms with Gasteiger partial charge in [-0.1, -0.05) is 54.6 Å². The maximum atomic E-state index is 9.39. The molecule has 0 saturated heterocycles. The highest BCUT2D eigenvalue weighted by atomic mass is 35.5. The molecule has 27 heavy (non-hydrogen) atoms. The molecule has 0 atom stereocenters. The second-order valence-electron chi connectivity index (χ2n) is 5.99. The van der Waals surface area contributed by atoms with Gasteiger partial charge in [-0.15, -0.1) is 12.4 Å². The van der Waals surface area contributed by atoms with Crippen LogP contribution < -0.4 is 5.73 Å². The fraction of sp³-hybridized carbons (Fsp3) is 0.0455. The largest absolute Gasteiger partial charge is 0.326 e. The quantitative estimate of drug-likeness (QED) is 0.564. The molecule has 0 aliphatic heterocycles. The molecular formula is C22H17ClN4. The number of hydrogen-bond acceptors (Lipinski definition) is 4. The number of rotatable bonds is 3. The van der Waals surface area contributed by atoms with Gasteiger partial charge in [0, 0.05) is 29.3 Å². The highest BCUT2D eigenvalue weighted by molar-refractivity contribution is 5.93. The van der Waals surface area contributed by atoms with Crippen LogP contribution in [0.3, 0.4) is 0 Å². The second-order valence-corrected chi connectivity index (χ2v) is 5.99. The van der Waals surface area contributed by atoms with Crippen molar-refractivity contribution >= 4 is 23.3 Å². The van der Waals surface area contributed by atoms with Crippen LogP contribution in [-0.4, -0.2) is 9.97 Å². The molecule has 2 N–H and O–H groups in total. The SMILES string of the molecule is Cl.N#Cc1nccc2nc(-c3ccc(CN)cc3)c(-c3ccccc3)cc12. The van der Waals surface area contributed by atoms with Crippen LogP contribution in [0.5, 0.6) is 0 Å². The topological polar surface area (TPSA) is 75.6 Å². The van der Waals surface area contributed by atoms with E-state index in [0.29, 0.717) is 12.2 Å². The van der Waals surface area contributed by atoms with Crippen molar-refractivity contribution in [3.05, 3.63) is 84.2 Å². The molecule has 4 nitrogen and oxygen atoms in total. The first-order valence-corrected chi connectivity index (χ1v) is 8.35. The van der Waals surface area contributed by atoms with Gasteiger partial charge in [-0.2, -0.15) is 5.26 Å². The maximum Gasteiger partial charge on any atom is 0.149 e. The highest BCUT2D eigenvalue weighted by Gasteiger charge is 2.13. The lowest BCUT2D eigenvalue weighted by Crippen LogP contribution is -1.97. The molecule has 2 aromatic heterocycles. The van der Waals surface area contributed by atoms with Crippen molar-refractivity contribution in [1.29, 1.82) is 5.26 Å². The van der Waals surface area contributed by atoms with Crippen LogP contribution in [0.4, 0.5) is 0 Å². The summed E-state index contributed by atoms with van der Waals surface area (Å²) >= 11 is 0. The summed E-state index contributed by atoms with van der Waals surface area (Å²) in [5.74, 6) is 0. The molecule has 0 aliphatic rings. The Labute approximate surface area is 163 Å². The van der Waals surface area contributed by atoms with E-state index < -0.39 is 0 Å². The fourth-order valence-electron chi connectivity index (χ4n) is 3.04. The van der Waals surface area contributed by atoms with Gasteiger partial charge < -0.3 is 5.73 Å². The van der Waals surface area contributed by atoms with Crippen molar-refractivity contribution in [2.45, 2.75) is 6.54 Å². The zero-order valence-electron chi connectivity index (χ0n) is 14.5. The molecule has 5 heteroatoms. The molecule has 0 bridgehead atoms. The van der Waals surface area contributed by atoms with Crippen molar-refractivity contribution in [2.75, 3.05) is 0 Å². The van der Waals surface area contributed by atoms with E-state index in [-0.39, 0.29) is 12.4 Å². The van der Waals surface area contributed by atoms with Crippen molar-refractivity contribution in [1.82, 2.24) is 9.97 Å². The van der Waals surface area contributed by atoms with Gasteiger partial charge in [0.25, 0.3) is 0 Å². The summed E-state index contributed by atoms with van der Waals surface area (Å²) < 4.78 is 0. The average Bonchev–Trinajstić information content (AvgIpc) is 2.73. The summed E-state index contributed by atoms with van der Waals surface area (Å²) in [6, 6.07) is 24.2. The third-order valence-corrected chi connectivity index (χ3v) is 4.40. The summed E-state index contributed by atoms with van der Waals surface area (Å²) in [7, 11) is 0. The first-order chi connectivity index (χ1) is 12.8. The average molecular weight is 373 g/mol. The first kappa shape index (κ1) is 18.5. The van der Waals surface area contributed by atoms with Crippen LogP contribution >= 0.6 is 12.4 Å². The van der Waals surface area contributed by atoms with Gasteiger partial charge in [0.2, 0.25) is 0 Å². The Bertz CT molecular complexity index is 1120. The van der Waals surface area contributed by atoms with E-state index in [0.717, 1.165) is 38.9 Å². The van der Waals surface area contributed by atoms with Crippen molar-refractivity contribution < 1.29 is 0 Å². The van der Waals surface area contributed by atoms with Crippen molar-refractivity contribution in [3.8, 4) is 28.5 Å². The van der Waals surface area contributed by atoms with E-state index in [1.165, 1.54) is 0 Å². The molecule has 2 aromatic carbocycles. The lowest BCUT2D eigenvalue weighted by molar-refractivity contribution is 1.07. The summed E-state index contributed by atoms with van der Waals surface area (Å²) in [4.78, 5) is 9.03. The van der Waals surface area contributed by atoms with E-state index in [9.17, 15) is 5.26 Å². The molecule has 4 rings (SSSR count). The Balaban J connectivity index is 0.00000210. The Morgan fingerprint density at radius 2 is 1.67 bits per heavy atom. The van der Waals surface area contributed by atoms with E-state index >= 15 is 0 Å². The molecule has 132 valence electrons. The van der Waals surface area contributed by atoms with Crippen molar-refractivity contribution in [2.24, 2.45) is 5.73 Å². The molecule has 0 amide bonds. The number of halogens is 1. The molecule has 4 aromatic rings. The Morgan fingerprint density at radius 3 is 2.33 bits per heavy atom. The summed E-state index contributed by atoms with van der Waals surface area (Å²) in [6.07, 6.45) is 1.62.